The molecular weight excluding hydrogens is 245 g/mol. The highest BCUT2D eigenvalue weighted by molar-refractivity contribution is 9.09. The van der Waals surface area contributed by atoms with Gasteiger partial charge in [-0.2, -0.15) is 0 Å². The lowest BCUT2D eigenvalue weighted by molar-refractivity contribution is 0.627. The summed E-state index contributed by atoms with van der Waals surface area (Å²) in [4.78, 5) is 0. The minimum atomic E-state index is -0.337. The average molecular weight is 256 g/mol. The molecule has 2 N–H and O–H groups in total. The molecule has 0 aromatic heterocycles. The molecule has 74 valence electrons. The zero-order valence-corrected chi connectivity index (χ0v) is 9.49. The molecule has 1 nitrogen and oxygen atoms in total. The van der Waals surface area contributed by atoms with Crippen LogP contribution in [0.3, 0.4) is 0 Å². The zero-order valence-electron chi connectivity index (χ0n) is 7.90. The number of alkyl halides is 1. The van der Waals surface area contributed by atoms with E-state index in [4.69, 9.17) is 5.73 Å². The Morgan fingerprint density at radius 2 is 2.21 bits per heavy atom. The molecule has 0 unspecified atom stereocenters. The van der Waals surface area contributed by atoms with Gasteiger partial charge in [0.15, 0.2) is 0 Å². The van der Waals surface area contributed by atoms with Crippen molar-refractivity contribution in [1.29, 1.82) is 0 Å². The van der Waals surface area contributed by atoms with Crippen LogP contribution in [0, 0.1) is 24.6 Å². The van der Waals surface area contributed by atoms with E-state index >= 15 is 0 Å². The lowest BCUT2D eigenvalue weighted by atomic mass is 10.1. The molecule has 0 atom stereocenters. The van der Waals surface area contributed by atoms with Crippen LogP contribution in [-0.2, 0) is 0 Å². The number of rotatable bonds is 1. The molecule has 0 aliphatic heterocycles. The van der Waals surface area contributed by atoms with Gasteiger partial charge in [0.05, 0.1) is 0 Å². The van der Waals surface area contributed by atoms with Crippen LogP contribution in [0.4, 0.5) is 10.1 Å². The maximum atomic E-state index is 13.0. The predicted octanol–water partition coefficient (Wildman–Crippen LogP) is 2.85. The SMILES string of the molecule is Cc1c(N)cc(F)cc1C#CCCBr. The summed E-state index contributed by atoms with van der Waals surface area (Å²) in [6.07, 6.45) is 0.746. The van der Waals surface area contributed by atoms with E-state index in [9.17, 15) is 4.39 Å². The summed E-state index contributed by atoms with van der Waals surface area (Å²) in [6, 6.07) is 2.72. The summed E-state index contributed by atoms with van der Waals surface area (Å²) in [5.41, 5.74) is 7.57. The second-order valence-electron chi connectivity index (χ2n) is 2.91. The molecule has 0 saturated heterocycles. The fraction of sp³-hybridized carbons (Fsp3) is 0.273. The molecular formula is C11H11BrFN. The van der Waals surface area contributed by atoms with E-state index in [2.05, 4.69) is 27.8 Å². The van der Waals surface area contributed by atoms with Crippen molar-refractivity contribution >= 4 is 21.6 Å². The number of halogens is 2. The van der Waals surface area contributed by atoms with Crippen LogP contribution >= 0.6 is 15.9 Å². The van der Waals surface area contributed by atoms with Gasteiger partial charge in [-0.15, -0.1) is 0 Å². The Hall–Kier alpha value is -1.01. The minimum Gasteiger partial charge on any atom is -0.398 e. The van der Waals surface area contributed by atoms with Crippen molar-refractivity contribution in [2.45, 2.75) is 13.3 Å². The Kier molecular flexibility index (Phi) is 3.97. The first-order valence-electron chi connectivity index (χ1n) is 4.25. The zero-order chi connectivity index (χ0) is 10.6. The summed E-state index contributed by atoms with van der Waals surface area (Å²) in [5.74, 6) is 5.49. The normalized spacial score (nSPS) is 9.36. The van der Waals surface area contributed by atoms with E-state index < -0.39 is 0 Å². The number of hydrogen-bond donors (Lipinski definition) is 1. The van der Waals surface area contributed by atoms with Crippen LogP contribution < -0.4 is 5.73 Å². The molecule has 0 bridgehead atoms. The number of anilines is 1. The second kappa shape index (κ2) is 5.02. The first-order valence-corrected chi connectivity index (χ1v) is 5.37. The van der Waals surface area contributed by atoms with Crippen LogP contribution in [0.2, 0.25) is 0 Å². The van der Waals surface area contributed by atoms with Crippen LogP contribution in [0.5, 0.6) is 0 Å². The maximum absolute atomic E-state index is 13.0. The predicted molar refractivity (Wildman–Crippen MR) is 60.8 cm³/mol. The Morgan fingerprint density at radius 3 is 2.86 bits per heavy atom. The van der Waals surface area contributed by atoms with E-state index in [0.29, 0.717) is 11.3 Å². The van der Waals surface area contributed by atoms with Gasteiger partial charge in [-0.05, 0) is 24.6 Å². The van der Waals surface area contributed by atoms with Gasteiger partial charge < -0.3 is 5.73 Å². The summed E-state index contributed by atoms with van der Waals surface area (Å²) >= 11 is 3.27. The summed E-state index contributed by atoms with van der Waals surface area (Å²) in [6.45, 7) is 1.84. The van der Waals surface area contributed by atoms with Crippen molar-refractivity contribution in [3.05, 3.63) is 29.1 Å². The molecule has 0 amide bonds. The van der Waals surface area contributed by atoms with E-state index in [0.717, 1.165) is 17.3 Å². The standard InChI is InChI=1S/C11H11BrFN/c1-8-9(4-2-3-5-12)6-10(13)7-11(8)14/h6-7H,3,5,14H2,1H3. The molecule has 3 heteroatoms. The first kappa shape index (κ1) is 11.1. The first-order chi connectivity index (χ1) is 6.65. The largest absolute Gasteiger partial charge is 0.398 e. The van der Waals surface area contributed by atoms with Crippen molar-refractivity contribution < 1.29 is 4.39 Å². The highest BCUT2D eigenvalue weighted by Crippen LogP contribution is 2.17. The Labute approximate surface area is 91.6 Å². The van der Waals surface area contributed by atoms with Crippen LogP contribution in [0.1, 0.15) is 17.5 Å². The lowest BCUT2D eigenvalue weighted by Crippen LogP contribution is -1.94. The summed E-state index contributed by atoms with van der Waals surface area (Å²) < 4.78 is 13.0. The number of hydrogen-bond acceptors (Lipinski definition) is 1. The van der Waals surface area contributed by atoms with Gasteiger partial charge >= 0.3 is 0 Å². The summed E-state index contributed by atoms with van der Waals surface area (Å²) in [7, 11) is 0. The van der Waals surface area contributed by atoms with E-state index in [1.165, 1.54) is 12.1 Å². The Balaban J connectivity index is 3.04. The van der Waals surface area contributed by atoms with Crippen LogP contribution in [0.25, 0.3) is 0 Å². The number of benzene rings is 1. The number of nitrogens with two attached hydrogens (primary N) is 1. The third kappa shape index (κ3) is 2.74. The van der Waals surface area contributed by atoms with E-state index in [1.807, 2.05) is 6.92 Å². The molecule has 0 aliphatic rings. The van der Waals surface area contributed by atoms with Crippen LogP contribution in [-0.4, -0.2) is 5.33 Å². The molecule has 0 saturated carbocycles. The van der Waals surface area contributed by atoms with Crippen molar-refractivity contribution in [3.8, 4) is 11.8 Å². The van der Waals surface area contributed by atoms with Crippen molar-refractivity contribution in [2.75, 3.05) is 11.1 Å². The monoisotopic (exact) mass is 255 g/mol. The number of nitrogen functional groups attached to an aromatic ring is 1. The molecule has 14 heavy (non-hydrogen) atoms. The van der Waals surface area contributed by atoms with Crippen molar-refractivity contribution in [2.24, 2.45) is 0 Å². The quantitative estimate of drug-likeness (QED) is 0.466. The Bertz CT molecular complexity index is 390. The molecule has 0 aliphatic carbocycles. The fourth-order valence-electron chi connectivity index (χ4n) is 1.03. The van der Waals surface area contributed by atoms with E-state index in [-0.39, 0.29) is 5.82 Å². The van der Waals surface area contributed by atoms with Crippen molar-refractivity contribution in [3.63, 3.8) is 0 Å². The van der Waals surface area contributed by atoms with Gasteiger partial charge in [-0.1, -0.05) is 27.8 Å². The minimum absolute atomic E-state index is 0.337. The van der Waals surface area contributed by atoms with Gasteiger partial charge in [0.1, 0.15) is 5.82 Å². The smallest absolute Gasteiger partial charge is 0.126 e. The average Bonchev–Trinajstić information content (AvgIpc) is 2.13. The van der Waals surface area contributed by atoms with Gasteiger partial charge in [0.25, 0.3) is 0 Å². The van der Waals surface area contributed by atoms with Gasteiger partial charge in [0.2, 0.25) is 0 Å². The fourth-order valence-corrected chi connectivity index (χ4v) is 1.23. The molecule has 0 heterocycles. The molecule has 1 aromatic rings. The second-order valence-corrected chi connectivity index (χ2v) is 3.70. The summed E-state index contributed by atoms with van der Waals surface area (Å²) in [5, 5.41) is 0.823. The lowest BCUT2D eigenvalue weighted by Gasteiger charge is -2.02. The van der Waals surface area contributed by atoms with Gasteiger partial charge in [-0.25, -0.2) is 4.39 Å². The topological polar surface area (TPSA) is 26.0 Å². The van der Waals surface area contributed by atoms with Gasteiger partial charge in [0, 0.05) is 23.0 Å². The van der Waals surface area contributed by atoms with Crippen molar-refractivity contribution in [1.82, 2.24) is 0 Å². The molecule has 0 radical (unpaired) electrons. The van der Waals surface area contributed by atoms with Crippen LogP contribution in [0.15, 0.2) is 12.1 Å². The van der Waals surface area contributed by atoms with E-state index in [1.54, 1.807) is 0 Å². The highest BCUT2D eigenvalue weighted by atomic mass is 79.9. The molecule has 1 aromatic carbocycles. The third-order valence-electron chi connectivity index (χ3n) is 1.86. The van der Waals surface area contributed by atoms with Gasteiger partial charge in [-0.3, -0.25) is 0 Å². The molecule has 0 fully saturated rings. The third-order valence-corrected chi connectivity index (χ3v) is 2.25. The molecule has 1 rings (SSSR count). The maximum Gasteiger partial charge on any atom is 0.126 e. The Morgan fingerprint density at radius 1 is 1.50 bits per heavy atom. The highest BCUT2D eigenvalue weighted by Gasteiger charge is 2.01. The molecule has 0 spiro atoms.